The first-order valence-corrected chi connectivity index (χ1v) is 19.3. The van der Waals surface area contributed by atoms with Crippen molar-refractivity contribution in [2.24, 2.45) is 20.5 Å². The van der Waals surface area contributed by atoms with Crippen LogP contribution in [0.4, 0.5) is 51.2 Å². The van der Waals surface area contributed by atoms with Gasteiger partial charge in [-0.1, -0.05) is 115 Å². The predicted octanol–water partition coefficient (Wildman–Crippen LogP) is 6.96. The summed E-state index contributed by atoms with van der Waals surface area (Å²) < 4.78 is 34.8. The molecular weight excluding hydrogens is 922 g/mol. The molecule has 65 heavy (non-hydrogen) atoms. The number of nitro groups is 3. The van der Waals surface area contributed by atoms with Gasteiger partial charge in [-0.25, -0.2) is 8.42 Å². The van der Waals surface area contributed by atoms with E-state index >= 15 is 0 Å². The van der Waals surface area contributed by atoms with Crippen LogP contribution in [0.15, 0.2) is 165 Å². The number of nitrogens with zero attached hydrogens (tertiary/aromatic N) is 8. The quantitative estimate of drug-likeness (QED) is 0.0441. The number of nitro benzene ring substituents is 3. The van der Waals surface area contributed by atoms with Crippen molar-refractivity contribution in [3.05, 3.63) is 175 Å². The molecule has 0 amide bonds. The minimum absolute atomic E-state index is 0. The molecule has 0 atom stereocenters. The molecule has 320 valence electrons. The Labute approximate surface area is 399 Å². The normalized spacial score (nSPS) is 11.2. The van der Waals surface area contributed by atoms with Crippen LogP contribution in [0, 0.1) is 30.3 Å². The van der Waals surface area contributed by atoms with Gasteiger partial charge >= 0.3 is 47.8 Å². The fraction of sp³-hybridized carbons (Fsp3) is 0. The molecule has 0 aliphatic carbocycles. The molecule has 8 aromatic rings. The summed E-state index contributed by atoms with van der Waals surface area (Å²) >= 11 is 0. The van der Waals surface area contributed by atoms with Crippen LogP contribution in [0.5, 0.6) is 17.2 Å². The van der Waals surface area contributed by atoms with Crippen molar-refractivity contribution in [3.63, 3.8) is 0 Å². The number of rotatable bonds is 10. The topological polar surface area (TPSA) is 319 Å². The maximum Gasteiger partial charge on any atom is 3.00 e. The van der Waals surface area contributed by atoms with Crippen LogP contribution in [0.1, 0.15) is 1.43 Å². The second-order valence-electron chi connectivity index (χ2n) is 13.1. The van der Waals surface area contributed by atoms with Gasteiger partial charge in [0.05, 0.1) is 48.5 Å². The molecule has 0 bridgehead atoms. The van der Waals surface area contributed by atoms with Crippen molar-refractivity contribution in [2.45, 2.75) is 4.90 Å². The van der Waals surface area contributed by atoms with Crippen molar-refractivity contribution in [3.8, 4) is 17.2 Å². The van der Waals surface area contributed by atoms with E-state index in [1.165, 1.54) is 6.07 Å². The van der Waals surface area contributed by atoms with Gasteiger partial charge in [0.2, 0.25) is 0 Å². The van der Waals surface area contributed by atoms with Crippen LogP contribution in [-0.4, -0.2) is 27.7 Å². The maximum absolute atomic E-state index is 12.5. The van der Waals surface area contributed by atoms with Crippen LogP contribution in [0.2, 0.25) is 0 Å². The Bertz CT molecular complexity index is 3350. The zero-order chi connectivity index (χ0) is 45.0. The van der Waals surface area contributed by atoms with Crippen LogP contribution in [0.3, 0.4) is 0 Å². The van der Waals surface area contributed by atoms with Gasteiger partial charge in [0.1, 0.15) is 10.1 Å². The third-order valence-electron chi connectivity index (χ3n) is 9.20. The van der Waals surface area contributed by atoms with E-state index in [2.05, 4.69) is 25.8 Å². The first-order chi connectivity index (χ1) is 30.1. The molecule has 0 spiro atoms. The van der Waals surface area contributed by atoms with Crippen molar-refractivity contribution >= 4 is 93.6 Å². The molecule has 0 radical (unpaired) electrons. The molecule has 0 N–H and O–H groups in total. The van der Waals surface area contributed by atoms with E-state index in [1.54, 1.807) is 60.7 Å². The molecule has 8 rings (SSSR count). The van der Waals surface area contributed by atoms with E-state index in [-0.39, 0.29) is 69.9 Å². The molecule has 0 saturated heterocycles. The molecular formula is C42H24CoN8NaO12S. The Hall–Kier alpha value is -7.44. The van der Waals surface area contributed by atoms with Crippen molar-refractivity contribution in [1.82, 2.24) is 0 Å². The second-order valence-corrected chi connectivity index (χ2v) is 14.5. The molecule has 0 unspecified atom stereocenters. The van der Waals surface area contributed by atoms with E-state index < -0.39 is 69.8 Å². The Morgan fingerprint density at radius 2 is 1.08 bits per heavy atom. The third-order valence-corrected chi connectivity index (χ3v) is 10.1. The number of benzene rings is 8. The predicted molar refractivity (Wildman–Crippen MR) is 223 cm³/mol. The standard InChI is InChI=1S/C22H14N5O5.C20H13N3O7S.Co.Na/c28-22-19(12-16(26(29)30)13-20(22)27(31)32)24-25-21-17-9-5-4-6-14(17)10-11-18(21)23-15-7-2-1-3-8-15;24-16-8-5-11-3-1-2-4-13(11)19(16)21-22-20-14-7-6-12(23(26)27)9-15(14)18(10-17(20)25)31(28,29)30;;/h1-13H,(H-,23,24,25,28);1-10,24-25H,(H,28,29,30);;/q-1;;+3;+1/p-3. The smallest absolute Gasteiger partial charge is 0.871 e. The van der Waals surface area contributed by atoms with Gasteiger partial charge in [-0.3, -0.25) is 30.3 Å². The fourth-order valence-electron chi connectivity index (χ4n) is 6.29. The molecule has 0 saturated carbocycles. The molecule has 20 nitrogen and oxygen atoms in total. The van der Waals surface area contributed by atoms with Crippen molar-refractivity contribution in [2.75, 3.05) is 0 Å². The second kappa shape index (κ2) is 20.4. The first kappa shape index (κ1) is 48.6. The van der Waals surface area contributed by atoms with Gasteiger partial charge in [-0.2, -0.15) is 20.5 Å². The molecule has 0 aliphatic rings. The molecule has 0 aromatic heterocycles. The summed E-state index contributed by atoms with van der Waals surface area (Å²) in [5, 5.41) is 93.2. The summed E-state index contributed by atoms with van der Waals surface area (Å²) in [6.07, 6.45) is 0. The molecule has 23 heteroatoms. The summed E-state index contributed by atoms with van der Waals surface area (Å²) in [4.78, 5) is 29.9. The van der Waals surface area contributed by atoms with Crippen LogP contribution < -0.4 is 44.9 Å². The van der Waals surface area contributed by atoms with E-state index in [1.807, 2.05) is 36.4 Å². The van der Waals surface area contributed by atoms with E-state index in [4.69, 9.17) is 0 Å². The zero-order valence-electron chi connectivity index (χ0n) is 34.0. The number of para-hydroxylation sites is 1. The summed E-state index contributed by atoms with van der Waals surface area (Å²) in [6, 6.07) is 34.8. The molecule has 0 fully saturated rings. The number of hydrogen-bond donors (Lipinski definition) is 0. The number of non-ortho nitro benzene ring substituents is 2. The van der Waals surface area contributed by atoms with Gasteiger partial charge in [-0.15, -0.1) is 11.4 Å². The van der Waals surface area contributed by atoms with Gasteiger partial charge < -0.3 is 25.2 Å². The molecule has 8 aromatic carbocycles. The first-order valence-electron chi connectivity index (χ1n) is 17.9. The van der Waals surface area contributed by atoms with Gasteiger partial charge in [0.15, 0.2) is 0 Å². The minimum atomic E-state index is -5.11. The van der Waals surface area contributed by atoms with Crippen molar-refractivity contribution in [1.29, 1.82) is 0 Å². The van der Waals surface area contributed by atoms with Gasteiger partial charge in [0.25, 0.3) is 17.1 Å². The van der Waals surface area contributed by atoms with Crippen LogP contribution >= 0.6 is 0 Å². The SMILES string of the molecule is O=[N+]([O-])c1cc(N=Nc2c([N-]c3ccccc3)ccc3ccccc23)c([O-])c([N+](=O)[O-])c1.O=[N+]([O-])c1ccc2c(N=Nc3c([O-])ccc4ccccc34)c([O-])cc(S(=O)(=O)[O-])c2c1.[Co+3].[H+].[Na+]. The molecule has 0 heterocycles. The average Bonchev–Trinajstić information content (AvgIpc) is 3.26. The average molecular weight is 947 g/mol. The fourth-order valence-corrected chi connectivity index (χ4v) is 6.98. The number of hydrogen-bond acceptors (Lipinski definition) is 16. The maximum atomic E-state index is 12.5. The van der Waals surface area contributed by atoms with Crippen molar-refractivity contribution < 1.29 is 90.8 Å². The van der Waals surface area contributed by atoms with Gasteiger partial charge in [-0.05, 0) is 22.9 Å². The summed E-state index contributed by atoms with van der Waals surface area (Å²) in [5.41, 5.74) is -1.52. The van der Waals surface area contributed by atoms with Gasteiger partial charge in [0, 0.05) is 45.5 Å². The Balaban J connectivity index is 0.000000276. The van der Waals surface area contributed by atoms with E-state index in [9.17, 15) is 58.6 Å². The Morgan fingerprint density at radius 1 is 0.523 bits per heavy atom. The summed E-state index contributed by atoms with van der Waals surface area (Å²) in [6.45, 7) is 0. The Kier molecular flexibility index (Phi) is 15.2. The summed E-state index contributed by atoms with van der Waals surface area (Å²) in [5.74, 6) is -2.45. The number of azo groups is 2. The molecule has 0 aliphatic heterocycles. The largest absolute Gasteiger partial charge is 3.00 e. The Morgan fingerprint density at radius 3 is 1.68 bits per heavy atom. The number of fused-ring (bicyclic) bond motifs is 3. The van der Waals surface area contributed by atoms with Crippen LogP contribution in [-0.2, 0) is 26.9 Å². The minimum Gasteiger partial charge on any atom is -0.871 e. The van der Waals surface area contributed by atoms with Crippen LogP contribution in [0.25, 0.3) is 37.6 Å². The summed E-state index contributed by atoms with van der Waals surface area (Å²) in [7, 11) is -5.11. The monoisotopic (exact) mass is 946 g/mol. The van der Waals surface area contributed by atoms with E-state index in [0.29, 0.717) is 45.4 Å². The van der Waals surface area contributed by atoms with E-state index in [0.717, 1.165) is 29.7 Å². The third kappa shape index (κ3) is 10.7. The zero-order valence-corrected chi connectivity index (χ0v) is 36.9.